The van der Waals surface area contributed by atoms with Crippen LogP contribution in [0.25, 0.3) is 56.7 Å². The number of pyridine rings is 6. The number of ether oxygens (including phenoxy) is 1. The second-order valence-corrected chi connectivity index (χ2v) is 10.7. The van der Waals surface area contributed by atoms with E-state index in [9.17, 15) is 13.9 Å². The second-order valence-electron chi connectivity index (χ2n) is 10.7. The van der Waals surface area contributed by atoms with E-state index < -0.39 is 6.61 Å². The molecule has 0 aliphatic rings. The molecule has 8 aromatic heterocycles. The van der Waals surface area contributed by atoms with Crippen LogP contribution in [0.15, 0.2) is 110 Å². The minimum atomic E-state index is -2.92. The van der Waals surface area contributed by atoms with E-state index in [-0.39, 0.29) is 18.9 Å². The Labute approximate surface area is 284 Å². The lowest BCUT2D eigenvalue weighted by Crippen LogP contribution is -2.03. The van der Waals surface area contributed by atoms with Gasteiger partial charge in [-0.25, -0.2) is 19.9 Å². The first-order valence-corrected chi connectivity index (χ1v) is 14.9. The number of aromatic nitrogens is 10. The number of nitrogens with zero attached hydrogens (tertiary/aromatic N) is 10. The molecule has 0 aliphatic heterocycles. The van der Waals surface area contributed by atoms with Gasteiger partial charge < -0.3 is 9.84 Å². The summed E-state index contributed by atoms with van der Waals surface area (Å²) in [5.41, 5.74) is 6.92. The predicted octanol–water partition coefficient (Wildman–Crippen LogP) is 7.31. The van der Waals surface area contributed by atoms with Crippen LogP contribution in [-0.2, 0) is 0 Å². The molecule has 0 bridgehead atoms. The van der Waals surface area contributed by atoms with E-state index in [1.54, 1.807) is 41.5 Å². The van der Waals surface area contributed by atoms with Gasteiger partial charge in [-0.3, -0.25) is 29.1 Å². The minimum absolute atomic E-state index is 0. The fourth-order valence-electron chi connectivity index (χ4n) is 5.08. The van der Waals surface area contributed by atoms with Crippen LogP contribution in [0.2, 0.25) is 0 Å². The second kappa shape index (κ2) is 14.2. The molecule has 0 atom stereocenters. The number of hydrogen-bond donors (Lipinski definition) is 1. The first-order valence-electron chi connectivity index (χ1n) is 14.9. The zero-order valence-corrected chi connectivity index (χ0v) is 26.1. The standard InChI is InChI=1S/C18H13F2N5O.C17H13N5O.CH4/c1-11-5-6-12(9-22-11)25-16-15(8-13(10-23-16)26-18(19)20)24-17(25)14-4-2-3-7-21-14;1-11-5-6-12(9-19-11)22-16-15(8-13(23)10-20-16)21-17(22)14-4-2-3-7-18-14;/h2-10,18H,1H3;2-10,23H,1H3;1H4. The summed E-state index contributed by atoms with van der Waals surface area (Å²) in [6.45, 7) is 0.904. The van der Waals surface area contributed by atoms with Gasteiger partial charge in [0.25, 0.3) is 0 Å². The van der Waals surface area contributed by atoms with Crippen molar-refractivity contribution in [1.82, 2.24) is 49.0 Å². The van der Waals surface area contributed by atoms with Gasteiger partial charge in [0.05, 0.1) is 36.2 Å². The number of fused-ring (bicyclic) bond motifs is 2. The molecule has 250 valence electrons. The summed E-state index contributed by atoms with van der Waals surface area (Å²) in [6, 6.07) is 21.8. The molecule has 0 saturated heterocycles. The lowest BCUT2D eigenvalue weighted by atomic mass is 10.3. The molecular weight excluding hydrogens is 642 g/mol. The summed E-state index contributed by atoms with van der Waals surface area (Å²) >= 11 is 0. The zero-order valence-electron chi connectivity index (χ0n) is 26.1. The van der Waals surface area contributed by atoms with E-state index in [1.165, 1.54) is 18.5 Å². The zero-order chi connectivity index (χ0) is 33.9. The van der Waals surface area contributed by atoms with Crippen LogP contribution >= 0.6 is 0 Å². The Morgan fingerprint density at radius 3 is 1.60 bits per heavy atom. The highest BCUT2D eigenvalue weighted by molar-refractivity contribution is 5.81. The number of alkyl halides is 2. The van der Waals surface area contributed by atoms with Gasteiger partial charge in [0.15, 0.2) is 22.9 Å². The van der Waals surface area contributed by atoms with Crippen molar-refractivity contribution in [2.75, 3.05) is 0 Å². The molecular formula is C36H30F2N10O2. The average Bonchev–Trinajstić information content (AvgIpc) is 3.68. The molecule has 12 nitrogen and oxygen atoms in total. The van der Waals surface area contributed by atoms with Crippen LogP contribution in [0.3, 0.4) is 0 Å². The number of halogens is 2. The van der Waals surface area contributed by atoms with Crippen molar-refractivity contribution in [1.29, 1.82) is 0 Å². The fourth-order valence-corrected chi connectivity index (χ4v) is 5.08. The molecule has 1 N–H and O–H groups in total. The molecule has 0 amide bonds. The van der Waals surface area contributed by atoms with Gasteiger partial charge in [0, 0.05) is 35.9 Å². The summed E-state index contributed by atoms with van der Waals surface area (Å²) < 4.78 is 33.1. The molecule has 14 heteroatoms. The third kappa shape index (κ3) is 6.80. The molecule has 0 unspecified atom stereocenters. The summed E-state index contributed by atoms with van der Waals surface area (Å²) in [5, 5.41) is 9.67. The lowest BCUT2D eigenvalue weighted by Gasteiger charge is -2.08. The van der Waals surface area contributed by atoms with Gasteiger partial charge in [-0.15, -0.1) is 0 Å². The third-order valence-electron chi connectivity index (χ3n) is 7.28. The Morgan fingerprint density at radius 1 is 0.620 bits per heavy atom. The van der Waals surface area contributed by atoms with E-state index >= 15 is 0 Å². The summed E-state index contributed by atoms with van der Waals surface area (Å²) in [4.78, 5) is 35.1. The van der Waals surface area contributed by atoms with Crippen molar-refractivity contribution in [2.24, 2.45) is 0 Å². The predicted molar refractivity (Wildman–Crippen MR) is 184 cm³/mol. The largest absolute Gasteiger partial charge is 0.506 e. The van der Waals surface area contributed by atoms with E-state index in [0.29, 0.717) is 39.7 Å². The Hall–Kier alpha value is -6.70. The molecule has 8 rings (SSSR count). The van der Waals surface area contributed by atoms with E-state index in [4.69, 9.17) is 0 Å². The van der Waals surface area contributed by atoms with Crippen molar-refractivity contribution in [3.8, 4) is 45.9 Å². The number of aromatic hydroxyl groups is 1. The van der Waals surface area contributed by atoms with Gasteiger partial charge >= 0.3 is 6.61 Å². The van der Waals surface area contributed by atoms with Crippen LogP contribution in [0.1, 0.15) is 18.8 Å². The SMILES string of the molecule is C.Cc1ccc(-n2c(-c3ccccn3)nc3cc(O)cnc32)cn1.Cc1ccc(-n2c(-c3ccccn3)nc3cc(OC(F)F)cnc32)cn1. The van der Waals surface area contributed by atoms with Gasteiger partial charge in [0.1, 0.15) is 33.9 Å². The summed E-state index contributed by atoms with van der Waals surface area (Å²) in [6.07, 6.45) is 9.51. The normalized spacial score (nSPS) is 10.9. The van der Waals surface area contributed by atoms with Crippen molar-refractivity contribution < 1.29 is 18.6 Å². The number of aryl methyl sites for hydroxylation is 2. The van der Waals surface area contributed by atoms with Crippen molar-refractivity contribution in [3.63, 3.8) is 0 Å². The van der Waals surface area contributed by atoms with Crippen LogP contribution in [-0.4, -0.2) is 60.7 Å². The van der Waals surface area contributed by atoms with Crippen LogP contribution in [0.5, 0.6) is 11.5 Å². The molecule has 0 aliphatic carbocycles. The summed E-state index contributed by atoms with van der Waals surface area (Å²) in [7, 11) is 0. The Balaban J connectivity index is 0.000000171. The molecule has 0 radical (unpaired) electrons. The topological polar surface area (TPSA) is 142 Å². The van der Waals surface area contributed by atoms with Gasteiger partial charge in [0.2, 0.25) is 0 Å². The van der Waals surface area contributed by atoms with Crippen molar-refractivity contribution >= 4 is 22.3 Å². The Morgan fingerprint density at radius 2 is 1.14 bits per heavy atom. The van der Waals surface area contributed by atoms with Gasteiger partial charge in [-0.05, 0) is 62.4 Å². The third-order valence-corrected chi connectivity index (χ3v) is 7.28. The van der Waals surface area contributed by atoms with E-state index in [1.807, 2.05) is 73.0 Å². The van der Waals surface area contributed by atoms with Gasteiger partial charge in [-0.1, -0.05) is 19.6 Å². The van der Waals surface area contributed by atoms with Crippen LogP contribution < -0.4 is 4.74 Å². The first-order chi connectivity index (χ1) is 23.8. The smallest absolute Gasteiger partial charge is 0.387 e. The van der Waals surface area contributed by atoms with Crippen LogP contribution in [0, 0.1) is 13.8 Å². The number of rotatable bonds is 6. The highest BCUT2D eigenvalue weighted by Crippen LogP contribution is 2.29. The molecule has 0 fully saturated rings. The number of hydrogen-bond acceptors (Lipinski definition) is 10. The highest BCUT2D eigenvalue weighted by Gasteiger charge is 2.19. The number of imidazole rings is 2. The fraction of sp³-hybridized carbons (Fsp3) is 0.111. The maximum atomic E-state index is 12.5. The van der Waals surface area contributed by atoms with Gasteiger partial charge in [-0.2, -0.15) is 8.78 Å². The van der Waals surface area contributed by atoms with Crippen LogP contribution in [0.4, 0.5) is 8.78 Å². The molecule has 0 spiro atoms. The van der Waals surface area contributed by atoms with E-state index in [0.717, 1.165) is 28.5 Å². The lowest BCUT2D eigenvalue weighted by molar-refractivity contribution is -0.0499. The molecule has 50 heavy (non-hydrogen) atoms. The molecule has 0 aromatic carbocycles. The quantitative estimate of drug-likeness (QED) is 0.191. The molecule has 0 saturated carbocycles. The maximum Gasteiger partial charge on any atom is 0.387 e. The monoisotopic (exact) mass is 672 g/mol. The molecule has 8 heterocycles. The first kappa shape index (κ1) is 33.2. The Bertz CT molecular complexity index is 2370. The van der Waals surface area contributed by atoms with Crippen molar-refractivity contribution in [2.45, 2.75) is 27.9 Å². The minimum Gasteiger partial charge on any atom is -0.506 e. The van der Waals surface area contributed by atoms with E-state index in [2.05, 4.69) is 44.6 Å². The molecule has 8 aromatic rings. The van der Waals surface area contributed by atoms with Crippen molar-refractivity contribution in [3.05, 3.63) is 121 Å². The highest BCUT2D eigenvalue weighted by atomic mass is 19.3. The summed E-state index contributed by atoms with van der Waals surface area (Å²) in [5.74, 6) is 1.22. The maximum absolute atomic E-state index is 12.5. The Kier molecular flexibility index (Phi) is 9.43. The average molecular weight is 673 g/mol.